The number of hydrogen-bond donors (Lipinski definition) is 1. The lowest BCUT2D eigenvalue weighted by Gasteiger charge is -2.29. The Labute approximate surface area is 187 Å². The molecular formula is C24H29N5O3. The summed E-state index contributed by atoms with van der Waals surface area (Å²) in [5, 5.41) is 13.8. The van der Waals surface area contributed by atoms with Crippen LogP contribution in [0.25, 0.3) is 11.0 Å². The zero-order valence-corrected chi connectivity index (χ0v) is 18.6. The first-order valence-corrected chi connectivity index (χ1v) is 11.2. The Morgan fingerprint density at radius 1 is 1.22 bits per heavy atom. The molecule has 0 atom stereocenters. The molecule has 1 fully saturated rings. The predicted octanol–water partition coefficient (Wildman–Crippen LogP) is 4.84. The molecule has 8 nitrogen and oxygen atoms in total. The van der Waals surface area contributed by atoms with E-state index in [1.807, 2.05) is 18.2 Å². The van der Waals surface area contributed by atoms with Crippen molar-refractivity contribution in [2.24, 2.45) is 5.92 Å². The van der Waals surface area contributed by atoms with Crippen LogP contribution in [0.5, 0.6) is 0 Å². The van der Waals surface area contributed by atoms with E-state index in [0.717, 1.165) is 55.4 Å². The highest BCUT2D eigenvalue weighted by Gasteiger charge is 2.19. The van der Waals surface area contributed by atoms with Crippen molar-refractivity contribution in [1.29, 1.82) is 0 Å². The molecule has 1 aliphatic rings. The van der Waals surface area contributed by atoms with Gasteiger partial charge >= 0.3 is 0 Å². The third-order valence-electron chi connectivity index (χ3n) is 6.09. The first-order chi connectivity index (χ1) is 15.4. The Kier molecular flexibility index (Phi) is 6.50. The van der Waals surface area contributed by atoms with Crippen LogP contribution in [0, 0.1) is 16.0 Å². The van der Waals surface area contributed by atoms with Gasteiger partial charge in [-0.15, -0.1) is 0 Å². The lowest BCUT2D eigenvalue weighted by atomic mass is 9.99. The van der Waals surface area contributed by atoms with Crippen molar-refractivity contribution in [2.45, 2.75) is 46.2 Å². The summed E-state index contributed by atoms with van der Waals surface area (Å²) in [5.41, 5.74) is 2.66. The van der Waals surface area contributed by atoms with Gasteiger partial charge in [0.2, 0.25) is 0 Å². The summed E-state index contributed by atoms with van der Waals surface area (Å²) in [4.78, 5) is 30.5. The molecule has 0 radical (unpaired) electrons. The summed E-state index contributed by atoms with van der Waals surface area (Å²) in [6.45, 7) is 8.40. The smallest absolute Gasteiger partial charge is 0.270 e. The highest BCUT2D eigenvalue weighted by Crippen LogP contribution is 2.24. The molecule has 1 saturated heterocycles. The highest BCUT2D eigenvalue weighted by molar-refractivity contribution is 6.05. The fraction of sp³-hybridized carbons (Fsp3) is 0.417. The van der Waals surface area contributed by atoms with E-state index in [9.17, 15) is 14.9 Å². The Morgan fingerprint density at radius 3 is 2.72 bits per heavy atom. The Balaban J connectivity index is 1.56. The molecule has 1 aromatic heterocycles. The third-order valence-corrected chi connectivity index (χ3v) is 6.09. The summed E-state index contributed by atoms with van der Waals surface area (Å²) in [7, 11) is 0. The fourth-order valence-electron chi connectivity index (χ4n) is 4.24. The maximum absolute atomic E-state index is 12.6. The van der Waals surface area contributed by atoms with Gasteiger partial charge in [0.05, 0.1) is 22.5 Å². The third kappa shape index (κ3) is 4.80. The molecule has 0 bridgehead atoms. The second-order valence-electron chi connectivity index (χ2n) is 8.60. The number of nitrogens with one attached hydrogen (secondary N) is 1. The van der Waals surface area contributed by atoms with Gasteiger partial charge < -0.3 is 9.88 Å². The van der Waals surface area contributed by atoms with Crippen LogP contribution in [0.3, 0.4) is 0 Å². The molecule has 8 heteroatoms. The number of likely N-dealkylation sites (tertiary alicyclic amines) is 1. The van der Waals surface area contributed by atoms with E-state index in [1.54, 1.807) is 6.07 Å². The molecule has 32 heavy (non-hydrogen) atoms. The number of hydrogen-bond acceptors (Lipinski definition) is 5. The van der Waals surface area contributed by atoms with Crippen molar-refractivity contribution in [3.63, 3.8) is 0 Å². The average Bonchev–Trinajstić information content (AvgIpc) is 3.12. The zero-order chi connectivity index (χ0) is 22.7. The number of rotatable bonds is 7. The molecule has 1 N–H and O–H groups in total. The van der Waals surface area contributed by atoms with Gasteiger partial charge in [0.1, 0.15) is 5.82 Å². The molecule has 1 aliphatic heterocycles. The van der Waals surface area contributed by atoms with E-state index in [4.69, 9.17) is 4.98 Å². The maximum atomic E-state index is 12.6. The minimum Gasteiger partial charge on any atom is -0.327 e. The molecular weight excluding hydrogens is 406 g/mol. The van der Waals surface area contributed by atoms with Gasteiger partial charge in [-0.1, -0.05) is 19.9 Å². The number of carbonyl (C=O) groups is 1. The van der Waals surface area contributed by atoms with Crippen molar-refractivity contribution >= 4 is 28.3 Å². The predicted molar refractivity (Wildman–Crippen MR) is 125 cm³/mol. The lowest BCUT2D eigenvalue weighted by molar-refractivity contribution is -0.384. The number of fused-ring (bicyclic) bond motifs is 1. The summed E-state index contributed by atoms with van der Waals surface area (Å²) >= 11 is 0. The molecule has 0 saturated carbocycles. The van der Waals surface area contributed by atoms with E-state index < -0.39 is 4.92 Å². The van der Waals surface area contributed by atoms with Gasteiger partial charge in [-0.2, -0.15) is 0 Å². The van der Waals surface area contributed by atoms with Crippen LogP contribution in [0.15, 0.2) is 42.5 Å². The molecule has 0 spiro atoms. The number of piperidine rings is 1. The summed E-state index contributed by atoms with van der Waals surface area (Å²) < 4.78 is 2.28. The molecule has 1 amide bonds. The summed E-state index contributed by atoms with van der Waals surface area (Å²) in [5.74, 6) is 1.46. The molecule has 2 heterocycles. The van der Waals surface area contributed by atoms with Crippen LogP contribution in [-0.4, -0.2) is 38.4 Å². The number of nitro groups is 1. The number of aromatic nitrogens is 2. The summed E-state index contributed by atoms with van der Waals surface area (Å²) in [6, 6.07) is 11.4. The quantitative estimate of drug-likeness (QED) is 0.423. The van der Waals surface area contributed by atoms with E-state index in [1.165, 1.54) is 31.0 Å². The van der Waals surface area contributed by atoms with Crippen molar-refractivity contribution in [1.82, 2.24) is 14.5 Å². The van der Waals surface area contributed by atoms with E-state index in [0.29, 0.717) is 5.69 Å². The van der Waals surface area contributed by atoms with E-state index >= 15 is 0 Å². The monoisotopic (exact) mass is 435 g/mol. The Hall–Kier alpha value is -3.26. The molecule has 168 valence electrons. The van der Waals surface area contributed by atoms with Gasteiger partial charge in [-0.3, -0.25) is 19.8 Å². The van der Waals surface area contributed by atoms with Gasteiger partial charge in [0.15, 0.2) is 0 Å². The van der Waals surface area contributed by atoms with Gasteiger partial charge in [-0.25, -0.2) is 4.98 Å². The average molecular weight is 436 g/mol. The minimum absolute atomic E-state index is 0.108. The van der Waals surface area contributed by atoms with Crippen molar-refractivity contribution < 1.29 is 9.72 Å². The van der Waals surface area contributed by atoms with E-state index in [2.05, 4.69) is 28.6 Å². The number of nitrogens with zero attached hydrogens (tertiary/aromatic N) is 4. The molecule has 0 unspecified atom stereocenters. The molecule has 0 aliphatic carbocycles. The summed E-state index contributed by atoms with van der Waals surface area (Å²) in [6.07, 6.45) is 3.46. The van der Waals surface area contributed by atoms with Crippen LogP contribution < -0.4 is 5.32 Å². The van der Waals surface area contributed by atoms with Gasteiger partial charge in [0.25, 0.3) is 11.6 Å². The van der Waals surface area contributed by atoms with Crippen LogP contribution in [0.1, 0.15) is 49.3 Å². The number of carbonyl (C=O) groups excluding carboxylic acids is 1. The lowest BCUT2D eigenvalue weighted by Crippen LogP contribution is -2.33. The van der Waals surface area contributed by atoms with Crippen molar-refractivity contribution in [2.75, 3.05) is 18.4 Å². The molecule has 2 aromatic carbocycles. The van der Waals surface area contributed by atoms with Crippen molar-refractivity contribution in [3.8, 4) is 0 Å². The van der Waals surface area contributed by atoms with Gasteiger partial charge in [-0.05, 0) is 62.5 Å². The number of benzene rings is 2. The normalized spacial score (nSPS) is 15.2. The minimum atomic E-state index is -0.506. The van der Waals surface area contributed by atoms with Crippen LogP contribution in [0.2, 0.25) is 0 Å². The number of non-ortho nitro benzene ring substituents is 1. The largest absolute Gasteiger partial charge is 0.327 e. The second kappa shape index (κ2) is 9.48. The fourth-order valence-corrected chi connectivity index (χ4v) is 4.24. The topological polar surface area (TPSA) is 93.3 Å². The number of anilines is 1. The second-order valence-corrected chi connectivity index (χ2v) is 8.60. The Bertz CT molecular complexity index is 1130. The standard InChI is InChI=1S/C24H29N5O3/c1-3-11-28-22-8-7-19(25-24(30)18-5-4-6-20(14-18)29(31)32)15-21(22)26-23(28)16-27-12-9-17(2)10-13-27/h4-8,14-15,17H,3,9-13,16H2,1-2H3,(H,25,30). The van der Waals surface area contributed by atoms with E-state index in [-0.39, 0.29) is 17.2 Å². The first kappa shape index (κ1) is 22.0. The van der Waals surface area contributed by atoms with Crippen LogP contribution in [-0.2, 0) is 13.1 Å². The zero-order valence-electron chi connectivity index (χ0n) is 18.6. The number of amides is 1. The first-order valence-electron chi connectivity index (χ1n) is 11.2. The number of aryl methyl sites for hydroxylation is 1. The van der Waals surface area contributed by atoms with Gasteiger partial charge in [0, 0.05) is 29.9 Å². The van der Waals surface area contributed by atoms with Crippen LogP contribution >= 0.6 is 0 Å². The van der Waals surface area contributed by atoms with Crippen LogP contribution in [0.4, 0.5) is 11.4 Å². The highest BCUT2D eigenvalue weighted by atomic mass is 16.6. The maximum Gasteiger partial charge on any atom is 0.270 e. The SMILES string of the molecule is CCCn1c(CN2CCC(C)CC2)nc2cc(NC(=O)c3cccc([N+](=O)[O-])c3)ccc21. The van der Waals surface area contributed by atoms with Crippen molar-refractivity contribution in [3.05, 3.63) is 64.0 Å². The number of imidazole rings is 1. The Morgan fingerprint density at radius 2 is 2.00 bits per heavy atom. The molecule has 3 aromatic rings. The molecule has 4 rings (SSSR count). The number of nitro benzene ring substituents is 1.